The Morgan fingerprint density at radius 3 is 1.34 bits per heavy atom. The van der Waals surface area contributed by atoms with Gasteiger partial charge in [0.1, 0.15) is 11.6 Å². The van der Waals surface area contributed by atoms with Crippen molar-refractivity contribution in [1.29, 1.82) is 0 Å². The number of H-pyrrole nitrogens is 1. The molecule has 6 nitrogen and oxygen atoms in total. The number of rotatable bonds is 17. The fourth-order valence-electron chi connectivity index (χ4n) is 13.2. The summed E-state index contributed by atoms with van der Waals surface area (Å²) in [6.07, 6.45) is 32.6. The van der Waals surface area contributed by atoms with Gasteiger partial charge in [-0.15, -0.1) is 0 Å². The molecule has 0 radical (unpaired) electrons. The van der Waals surface area contributed by atoms with Crippen LogP contribution < -0.4 is 5.73 Å². The molecule has 4 saturated carbocycles. The molecular weight excluding hydrogens is 1250 g/mol. The number of ketones is 1. The first-order valence-corrected chi connectivity index (χ1v) is 40.8. The van der Waals surface area contributed by atoms with Crippen LogP contribution in [0.1, 0.15) is 195 Å². The number of Topliss-reactive ketones (excluding diaryl/α,β-unsaturated/α-hetero) is 1. The van der Waals surface area contributed by atoms with Crippen molar-refractivity contribution in [2.75, 3.05) is 6.61 Å². The molecule has 7 aromatic rings. The second kappa shape index (κ2) is 38.6. The number of hydrogen-bond acceptors (Lipinski definition) is 5. The molecule has 4 aliphatic carbocycles. The van der Waals surface area contributed by atoms with E-state index in [2.05, 4.69) is 73.4 Å². The Morgan fingerprint density at radius 2 is 0.966 bits per heavy atom. The van der Waals surface area contributed by atoms with Crippen LogP contribution in [-0.2, 0) is 33.9 Å². The molecule has 0 unspecified atom stereocenters. The van der Waals surface area contributed by atoms with E-state index in [0.717, 1.165) is 56.4 Å². The summed E-state index contributed by atoms with van der Waals surface area (Å²) in [4.78, 5) is 26.0. The van der Waals surface area contributed by atoms with E-state index in [-0.39, 0.29) is 45.2 Å². The van der Waals surface area contributed by atoms with Crippen molar-refractivity contribution in [2.45, 2.75) is 209 Å². The maximum atomic E-state index is 13.1. The van der Waals surface area contributed by atoms with E-state index < -0.39 is 15.8 Å². The van der Waals surface area contributed by atoms with Crippen LogP contribution in [0, 0.1) is 17.6 Å². The molecule has 4 aliphatic rings. The third-order valence-electron chi connectivity index (χ3n) is 18.3. The average Bonchev–Trinajstić information content (AvgIpc) is 4.10. The smallest absolute Gasteiger partial charge is 0.0995 e. The third-order valence-corrected chi connectivity index (χ3v) is 26.3. The fraction of sp³-hybridized carbons (Fsp3) is 0.473. The summed E-state index contributed by atoms with van der Waals surface area (Å²) < 4.78 is 25.8. The number of pyridine rings is 2. The van der Waals surface area contributed by atoms with Crippen LogP contribution >= 0.6 is 35.2 Å². The van der Waals surface area contributed by atoms with Crippen molar-refractivity contribution in [3.8, 4) is 33.8 Å². The van der Waals surface area contributed by atoms with Crippen molar-refractivity contribution in [2.24, 2.45) is 11.7 Å². The van der Waals surface area contributed by atoms with E-state index in [4.69, 9.17) is 40.2 Å². The molecule has 0 saturated heterocycles. The van der Waals surface area contributed by atoms with Crippen molar-refractivity contribution in [3.63, 3.8) is 0 Å². The van der Waals surface area contributed by atoms with Crippen molar-refractivity contribution < 1.29 is 33.8 Å². The number of carbonyl (C=O) groups is 1. The Balaban J connectivity index is 0.000000191. The molecule has 0 aliphatic heterocycles. The number of nitrogens with zero attached hydrogens (tertiary/aromatic N) is 2. The number of benzene rings is 4. The maximum Gasteiger partial charge on any atom is 0.0995 e. The van der Waals surface area contributed by atoms with E-state index in [1.165, 1.54) is 200 Å². The van der Waals surface area contributed by atoms with E-state index >= 15 is 0 Å². The minimum absolute atomic E-state index is 0.00574. The molecule has 13 heteroatoms. The van der Waals surface area contributed by atoms with Gasteiger partial charge in [-0.3, -0.25) is 4.79 Å². The Kier molecular flexibility index (Phi) is 31.3. The van der Waals surface area contributed by atoms with E-state index in [9.17, 15) is 13.6 Å². The molecule has 11 rings (SSSR count). The molecule has 0 spiro atoms. The average molecular weight is 1350 g/mol. The van der Waals surface area contributed by atoms with Gasteiger partial charge in [0.25, 0.3) is 0 Å². The molecule has 0 amide bonds. The maximum absolute atomic E-state index is 13.1. The standard InChI is InChI=1S/C36H54N2P2.C19H18FN.C14H11FO.C5H13NO.2ClH.Ru/c1-5-17-31(18-6-1)39(32-19-7-2-8-20-32)27-29-15-13-25-35(37-29)36-26-14-16-30(38-36)28-40(33-21-9-3-10-22-33)34-23-11-4-12-24-34;1-13(2)18-12-17(14-6-4-3-5-7-14)19(21-18)15-8-10-16(20)11-9-15;15-13-8-6-12(7-9-13)14(16)10-11-4-2-1-3-5-11;1-4(2)5(6)3-7;;;/h13-16,25-26,31-34H,1-12,17-24,27-28H2;3-13,21H,1-2H3;1-9H,10H2;4-5,7H,3,6H2,1-2H3;2*1H;/q;;;;;;+2/t;;;5-;;;/m...1.../s1. The van der Waals surface area contributed by atoms with Crippen LogP contribution in [0.4, 0.5) is 8.78 Å². The van der Waals surface area contributed by atoms with Gasteiger partial charge in [0, 0.05) is 45.1 Å². The van der Waals surface area contributed by atoms with Gasteiger partial charge in [0.15, 0.2) is 5.78 Å². The van der Waals surface area contributed by atoms with Crippen LogP contribution in [0.25, 0.3) is 33.8 Å². The fourth-order valence-corrected chi connectivity index (χ4v) is 21.5. The van der Waals surface area contributed by atoms with Crippen molar-refractivity contribution in [1.82, 2.24) is 15.0 Å². The van der Waals surface area contributed by atoms with Crippen molar-refractivity contribution in [3.05, 3.63) is 192 Å². The first-order valence-electron chi connectivity index (χ1n) is 32.6. The normalized spacial score (nSPS) is 16.4. The summed E-state index contributed by atoms with van der Waals surface area (Å²) in [7, 11) is 8.86. The molecule has 3 heterocycles. The van der Waals surface area contributed by atoms with Gasteiger partial charge < -0.3 is 15.8 Å². The number of aromatic amines is 1. The summed E-state index contributed by atoms with van der Waals surface area (Å²) in [6.45, 7) is 8.39. The summed E-state index contributed by atoms with van der Waals surface area (Å²) in [5, 5.41) is 8.38. The van der Waals surface area contributed by atoms with Gasteiger partial charge >= 0.3 is 34.5 Å². The topological polar surface area (TPSA) is 105 Å². The quantitative estimate of drug-likeness (QED) is 0.0479. The Morgan fingerprint density at radius 1 is 0.563 bits per heavy atom. The SMILES string of the molecule is CC(C)[C@H](N)CO.CC(C)c1cc(-c2ccccc2)c(-c2ccc(F)cc2)[nH]1.O=C(Cc1ccccc1)c1ccc(F)cc1.[Cl][Ru][Cl].c1cc(C[PH+](C2CCCCC2)C2CCCCC2)nc(-c2cccc(C[PH+](C3CCCCC3)C3CCCCC3)n2)c1. The van der Waals surface area contributed by atoms with Crippen LogP contribution in [0.2, 0.25) is 0 Å². The van der Waals surface area contributed by atoms with Gasteiger partial charge in [-0.05, 0) is 210 Å². The molecule has 0 bridgehead atoms. The van der Waals surface area contributed by atoms with Crippen LogP contribution in [0.15, 0.2) is 152 Å². The zero-order valence-electron chi connectivity index (χ0n) is 52.1. The largest absolute Gasteiger partial charge is 0.247 e. The summed E-state index contributed by atoms with van der Waals surface area (Å²) in [5.74, 6) is 0.282. The number of aliphatic hydroxyl groups excluding tert-OH is 1. The van der Waals surface area contributed by atoms with Gasteiger partial charge in [0.2, 0.25) is 0 Å². The molecule has 3 aromatic heterocycles. The molecule has 4 fully saturated rings. The van der Waals surface area contributed by atoms with Gasteiger partial charge in [0.05, 0.1) is 70.0 Å². The van der Waals surface area contributed by atoms with Gasteiger partial charge in [-0.1, -0.05) is 126 Å². The van der Waals surface area contributed by atoms with Crippen LogP contribution in [0.5, 0.6) is 0 Å². The second-order valence-corrected chi connectivity index (χ2v) is 34.1. The minimum atomic E-state index is -0.423. The van der Waals surface area contributed by atoms with Crippen LogP contribution in [0.3, 0.4) is 0 Å². The van der Waals surface area contributed by atoms with Crippen LogP contribution in [-0.4, -0.2) is 61.1 Å². The van der Waals surface area contributed by atoms with E-state index in [1.807, 2.05) is 74.5 Å². The third kappa shape index (κ3) is 23.3. The summed E-state index contributed by atoms with van der Waals surface area (Å²) >= 11 is -0.346. The zero-order chi connectivity index (χ0) is 61.8. The number of nitrogens with one attached hydrogen (secondary N) is 1. The Hall–Kier alpha value is -4.03. The predicted octanol–water partition coefficient (Wildman–Crippen LogP) is 21.1. The molecular formula is C74H98Cl2F2N4O2P2Ru+2. The summed E-state index contributed by atoms with van der Waals surface area (Å²) in [6, 6.07) is 47.9. The number of halogens is 4. The first kappa shape index (κ1) is 70.4. The number of hydrogen-bond donors (Lipinski definition) is 3. The molecule has 4 N–H and O–H groups in total. The summed E-state index contributed by atoms with van der Waals surface area (Å²) in [5.41, 5.74) is 21.5. The second-order valence-electron chi connectivity index (χ2n) is 25.1. The van der Waals surface area contributed by atoms with Crippen molar-refractivity contribution >= 4 is 41.0 Å². The predicted molar refractivity (Wildman–Crippen MR) is 367 cm³/mol. The molecule has 4 aromatic carbocycles. The molecule has 470 valence electrons. The number of carbonyl (C=O) groups excluding carboxylic acids is 1. The monoisotopic (exact) mass is 1350 g/mol. The number of aromatic nitrogens is 3. The minimum Gasteiger partial charge on any atom is -0.247 e. The van der Waals surface area contributed by atoms with E-state index in [1.54, 1.807) is 0 Å². The molecule has 1 atom stereocenters. The Bertz CT molecular complexity index is 2900. The van der Waals surface area contributed by atoms with E-state index in [0.29, 0.717) is 23.8 Å². The Labute approximate surface area is 539 Å². The number of aliphatic hydroxyl groups is 1. The van der Waals surface area contributed by atoms with Gasteiger partial charge in [-0.2, -0.15) is 0 Å². The number of nitrogens with two attached hydrogens (primary N) is 1. The van der Waals surface area contributed by atoms with Gasteiger partial charge in [-0.25, -0.2) is 18.7 Å². The first-order chi connectivity index (χ1) is 42.3. The molecule has 87 heavy (non-hydrogen) atoms. The zero-order valence-corrected chi connectivity index (χ0v) is 57.4.